The van der Waals surface area contributed by atoms with Crippen molar-refractivity contribution in [2.24, 2.45) is 10.9 Å². The van der Waals surface area contributed by atoms with E-state index in [4.69, 9.17) is 10.9 Å². The fourth-order valence-corrected chi connectivity index (χ4v) is 3.10. The predicted molar refractivity (Wildman–Crippen MR) is 75.7 cm³/mol. The van der Waals surface area contributed by atoms with Crippen molar-refractivity contribution in [1.29, 1.82) is 0 Å². The molecule has 0 unspecified atom stereocenters. The Labute approximate surface area is 117 Å². The van der Waals surface area contributed by atoms with Crippen molar-refractivity contribution in [2.75, 3.05) is 29.5 Å². The summed E-state index contributed by atoms with van der Waals surface area (Å²) in [5, 5.41) is 22.5. The molecule has 0 atom stereocenters. The molecule has 3 N–H and O–H groups in total. The summed E-state index contributed by atoms with van der Waals surface area (Å²) in [6.07, 6.45) is 0. The van der Waals surface area contributed by atoms with E-state index < -0.39 is 15.7 Å². The summed E-state index contributed by atoms with van der Waals surface area (Å²) in [5.74, 6) is 0.884. The van der Waals surface area contributed by atoms with Gasteiger partial charge in [-0.1, -0.05) is 5.16 Å². The third-order valence-electron chi connectivity index (χ3n) is 3.09. The molecule has 8 nitrogen and oxygen atoms in total. The van der Waals surface area contributed by atoms with Crippen LogP contribution in [0.2, 0.25) is 0 Å². The van der Waals surface area contributed by atoms with Crippen LogP contribution in [0.4, 0.5) is 11.4 Å². The van der Waals surface area contributed by atoms with E-state index >= 15 is 0 Å². The Hall–Kier alpha value is -2.16. The van der Waals surface area contributed by atoms with Gasteiger partial charge < -0.3 is 15.8 Å². The van der Waals surface area contributed by atoms with Crippen molar-refractivity contribution in [1.82, 2.24) is 0 Å². The van der Waals surface area contributed by atoms with Crippen LogP contribution in [0.5, 0.6) is 0 Å². The van der Waals surface area contributed by atoms with Crippen molar-refractivity contribution in [3.63, 3.8) is 0 Å². The van der Waals surface area contributed by atoms with Crippen LogP contribution in [0.3, 0.4) is 0 Å². The average molecular weight is 298 g/mol. The molecule has 108 valence electrons. The number of hydrogen-bond donors (Lipinski definition) is 2. The second-order valence-corrected chi connectivity index (χ2v) is 5.98. The lowest BCUT2D eigenvalue weighted by Crippen LogP contribution is -2.38. The van der Waals surface area contributed by atoms with Crippen molar-refractivity contribution in [3.8, 4) is 0 Å². The molecule has 20 heavy (non-hydrogen) atoms. The molecule has 1 aliphatic heterocycles. The van der Waals surface area contributed by atoms with Crippen LogP contribution in [-0.4, -0.2) is 44.8 Å². The van der Waals surface area contributed by atoms with E-state index in [0.717, 1.165) is 0 Å². The van der Waals surface area contributed by atoms with E-state index in [1.807, 2.05) is 4.90 Å². The summed E-state index contributed by atoms with van der Waals surface area (Å²) in [7, 11) is -0.826. The Bertz CT molecular complexity index is 580. The van der Waals surface area contributed by atoms with Gasteiger partial charge in [-0.25, -0.2) is 0 Å². The number of nitro groups is 1. The van der Waals surface area contributed by atoms with Crippen LogP contribution in [-0.2, 0) is 10.8 Å². The molecule has 0 amide bonds. The molecule has 1 heterocycles. The first-order valence-corrected chi connectivity index (χ1v) is 7.38. The van der Waals surface area contributed by atoms with E-state index in [9.17, 15) is 14.3 Å². The summed E-state index contributed by atoms with van der Waals surface area (Å²) in [4.78, 5) is 12.2. The van der Waals surface area contributed by atoms with Crippen molar-refractivity contribution in [2.45, 2.75) is 0 Å². The first-order chi connectivity index (χ1) is 9.52. The molecule has 2 rings (SSSR count). The lowest BCUT2D eigenvalue weighted by molar-refractivity contribution is -0.384. The molecule has 1 aromatic rings. The molecule has 0 aromatic heterocycles. The molecule has 1 fully saturated rings. The number of non-ortho nitro benzene ring substituents is 1. The van der Waals surface area contributed by atoms with Crippen LogP contribution < -0.4 is 10.6 Å². The topological polar surface area (TPSA) is 122 Å². The van der Waals surface area contributed by atoms with Gasteiger partial charge in [0.05, 0.1) is 10.5 Å². The Morgan fingerprint density at radius 3 is 2.65 bits per heavy atom. The normalized spacial score (nSPS) is 17.2. The minimum absolute atomic E-state index is 0.129. The second kappa shape index (κ2) is 5.87. The fraction of sp³-hybridized carbons (Fsp3) is 0.364. The lowest BCUT2D eigenvalue weighted by Gasteiger charge is -2.29. The molecule has 0 radical (unpaired) electrons. The summed E-state index contributed by atoms with van der Waals surface area (Å²) < 4.78 is 11.4. The van der Waals surface area contributed by atoms with E-state index in [2.05, 4.69) is 5.16 Å². The Kier molecular flexibility index (Phi) is 4.18. The molecule has 1 aromatic carbocycles. The number of oxime groups is 1. The van der Waals surface area contributed by atoms with Gasteiger partial charge in [-0.15, -0.1) is 0 Å². The van der Waals surface area contributed by atoms with Crippen molar-refractivity contribution in [3.05, 3.63) is 33.9 Å². The molecular weight excluding hydrogens is 284 g/mol. The van der Waals surface area contributed by atoms with Crippen LogP contribution in [0.1, 0.15) is 5.56 Å². The first kappa shape index (κ1) is 14.3. The monoisotopic (exact) mass is 298 g/mol. The largest absolute Gasteiger partial charge is 0.409 e. The molecule has 1 saturated heterocycles. The van der Waals surface area contributed by atoms with Gasteiger partial charge in [0.1, 0.15) is 0 Å². The summed E-state index contributed by atoms with van der Waals surface area (Å²) in [5.41, 5.74) is 6.40. The highest BCUT2D eigenvalue weighted by atomic mass is 32.2. The average Bonchev–Trinajstić information content (AvgIpc) is 2.46. The van der Waals surface area contributed by atoms with Crippen molar-refractivity contribution >= 4 is 28.0 Å². The molecule has 1 aliphatic rings. The number of rotatable bonds is 3. The minimum atomic E-state index is -0.826. The molecular formula is C11H14N4O4S. The number of amidine groups is 1. The maximum absolute atomic E-state index is 11.4. The Morgan fingerprint density at radius 1 is 1.45 bits per heavy atom. The molecule has 0 aliphatic carbocycles. The molecule has 0 saturated carbocycles. The lowest BCUT2D eigenvalue weighted by atomic mass is 10.1. The van der Waals surface area contributed by atoms with Gasteiger partial charge in [0.2, 0.25) is 0 Å². The van der Waals surface area contributed by atoms with Gasteiger partial charge in [-0.2, -0.15) is 0 Å². The zero-order chi connectivity index (χ0) is 14.7. The van der Waals surface area contributed by atoms with Gasteiger partial charge in [0, 0.05) is 53.2 Å². The van der Waals surface area contributed by atoms with Crippen LogP contribution in [0, 0.1) is 10.1 Å². The van der Waals surface area contributed by atoms with Crippen molar-refractivity contribution < 1.29 is 14.3 Å². The number of nitrogens with two attached hydrogens (primary N) is 1. The predicted octanol–water partition coefficient (Wildman–Crippen LogP) is 0.258. The minimum Gasteiger partial charge on any atom is -0.409 e. The fourth-order valence-electron chi connectivity index (χ4n) is 2.05. The summed E-state index contributed by atoms with van der Waals surface area (Å²) in [6.45, 7) is 1.13. The highest BCUT2D eigenvalue weighted by Gasteiger charge is 2.21. The number of anilines is 1. The summed E-state index contributed by atoms with van der Waals surface area (Å²) in [6, 6.07) is 4.21. The first-order valence-electron chi connectivity index (χ1n) is 5.89. The maximum atomic E-state index is 11.4. The van der Waals surface area contributed by atoms with Gasteiger partial charge in [0.15, 0.2) is 5.84 Å². The zero-order valence-corrected chi connectivity index (χ0v) is 11.4. The number of hydrogen-bond acceptors (Lipinski definition) is 6. The molecule has 9 heteroatoms. The summed E-state index contributed by atoms with van der Waals surface area (Å²) >= 11 is 0. The van der Waals surface area contributed by atoms with Gasteiger partial charge in [-0.05, 0) is 6.07 Å². The molecule has 0 bridgehead atoms. The number of nitrogens with zero attached hydrogens (tertiary/aromatic N) is 3. The standard InChI is InChI=1S/C11H14N4O4S/c12-11(13-16)9-7-8(15(17)18)1-2-10(9)14-3-5-20(19)6-4-14/h1-2,7,16H,3-6H2,(H2,12,13). The third-order valence-corrected chi connectivity index (χ3v) is 4.37. The maximum Gasteiger partial charge on any atom is 0.270 e. The second-order valence-electron chi connectivity index (χ2n) is 4.28. The van der Waals surface area contributed by atoms with Crippen LogP contribution in [0.15, 0.2) is 23.4 Å². The Morgan fingerprint density at radius 2 is 2.10 bits per heavy atom. The SMILES string of the molecule is NC(=NO)c1cc([N+](=O)[O-])ccc1N1CCS(=O)CC1. The highest BCUT2D eigenvalue weighted by Crippen LogP contribution is 2.26. The quantitative estimate of drug-likeness (QED) is 0.271. The zero-order valence-electron chi connectivity index (χ0n) is 10.6. The van der Waals surface area contributed by atoms with Gasteiger partial charge >= 0.3 is 0 Å². The molecule has 0 spiro atoms. The Balaban J connectivity index is 2.41. The van der Waals surface area contributed by atoms with E-state index in [1.165, 1.54) is 12.1 Å². The van der Waals surface area contributed by atoms with E-state index in [-0.39, 0.29) is 11.5 Å². The van der Waals surface area contributed by atoms with Gasteiger partial charge in [0.25, 0.3) is 5.69 Å². The van der Waals surface area contributed by atoms with E-state index in [0.29, 0.717) is 35.8 Å². The van der Waals surface area contributed by atoms with Crippen LogP contribution in [0.25, 0.3) is 0 Å². The number of benzene rings is 1. The number of nitro benzene ring substituents is 1. The smallest absolute Gasteiger partial charge is 0.270 e. The van der Waals surface area contributed by atoms with E-state index in [1.54, 1.807) is 6.07 Å². The van der Waals surface area contributed by atoms with Gasteiger partial charge in [-0.3, -0.25) is 14.3 Å². The third kappa shape index (κ3) is 2.87. The van der Waals surface area contributed by atoms with Crippen LogP contribution >= 0.6 is 0 Å². The highest BCUT2D eigenvalue weighted by molar-refractivity contribution is 7.85.